The van der Waals surface area contributed by atoms with Crippen molar-refractivity contribution in [3.63, 3.8) is 0 Å². The summed E-state index contributed by atoms with van der Waals surface area (Å²) in [5.41, 5.74) is 1.11. The van der Waals surface area contributed by atoms with Crippen LogP contribution in [0.25, 0.3) is 0 Å². The fraction of sp³-hybridized carbons (Fsp3) is 0.719. The summed E-state index contributed by atoms with van der Waals surface area (Å²) in [7, 11) is 1.59. The topological polar surface area (TPSA) is 104 Å². The van der Waals surface area contributed by atoms with Crippen LogP contribution < -0.4 is 0 Å². The number of aliphatic hydroxyl groups is 2. The third-order valence-electron chi connectivity index (χ3n) is 9.61. The lowest BCUT2D eigenvalue weighted by molar-refractivity contribution is -0.403. The quantitative estimate of drug-likeness (QED) is 0.358. The molecule has 8 nitrogen and oxygen atoms in total. The number of ether oxygens (including phenoxy) is 5. The Kier molecular flexibility index (Phi) is 8.25. The van der Waals surface area contributed by atoms with Gasteiger partial charge in [0.2, 0.25) is 0 Å². The predicted octanol–water partition coefficient (Wildman–Crippen LogP) is 4.51. The van der Waals surface area contributed by atoms with Gasteiger partial charge in [-0.3, -0.25) is 4.79 Å². The van der Waals surface area contributed by atoms with Gasteiger partial charge in [-0.25, -0.2) is 0 Å². The molecule has 40 heavy (non-hydrogen) atoms. The second kappa shape index (κ2) is 11.1. The molecule has 0 amide bonds. The molecule has 0 unspecified atom stereocenters. The van der Waals surface area contributed by atoms with Gasteiger partial charge in [0.25, 0.3) is 0 Å². The van der Waals surface area contributed by atoms with Gasteiger partial charge in [0, 0.05) is 32.3 Å². The summed E-state index contributed by atoms with van der Waals surface area (Å²) in [5, 5.41) is 23.2. The summed E-state index contributed by atoms with van der Waals surface area (Å²) in [4.78, 5) is 13.9. The average molecular weight is 559 g/mol. The minimum Gasteiger partial charge on any atom is -0.462 e. The van der Waals surface area contributed by atoms with Crippen molar-refractivity contribution in [2.24, 2.45) is 17.8 Å². The van der Waals surface area contributed by atoms with Gasteiger partial charge in [-0.15, -0.1) is 0 Å². The predicted molar refractivity (Wildman–Crippen MR) is 149 cm³/mol. The Hall–Kier alpha value is -1.81. The van der Waals surface area contributed by atoms with Crippen molar-refractivity contribution >= 4 is 5.97 Å². The standard InChI is InChI=1S/C32H46O8/c1-19-8-7-9-23-18-37-28-27(36-6)21(3)15-26(32(23,28)35)29(33)38-25-16-24(11-10-20(2)14-19)39-31(17-25)13-12-22(4)30(5,34)40-31/h7-10,15,19,22,24-28,34-35H,11-14,16-18H2,1-6H3/b8-7+,20-10+,23-9+/t19-,22-,24+,25-,26-,27+,28+,30+,31+,32+/m0/s1. The lowest BCUT2D eigenvalue weighted by Crippen LogP contribution is -2.59. The van der Waals surface area contributed by atoms with E-state index in [-0.39, 0.29) is 24.5 Å². The average Bonchev–Trinajstić information content (AvgIpc) is 3.20. The smallest absolute Gasteiger partial charge is 0.316 e. The van der Waals surface area contributed by atoms with E-state index in [1.165, 1.54) is 5.57 Å². The molecule has 10 atom stereocenters. The normalized spacial score (nSPS) is 49.6. The molecule has 0 aromatic rings. The molecule has 3 saturated heterocycles. The molecule has 0 radical (unpaired) electrons. The van der Waals surface area contributed by atoms with Crippen molar-refractivity contribution in [1.82, 2.24) is 0 Å². The maximum absolute atomic E-state index is 13.9. The highest BCUT2D eigenvalue weighted by molar-refractivity contribution is 5.78. The zero-order valence-electron chi connectivity index (χ0n) is 24.7. The van der Waals surface area contributed by atoms with Crippen molar-refractivity contribution in [3.8, 4) is 0 Å². The van der Waals surface area contributed by atoms with Crippen LogP contribution in [0.2, 0.25) is 0 Å². The summed E-state index contributed by atoms with van der Waals surface area (Å²) in [6.07, 6.45) is 11.7. The second-order valence-electron chi connectivity index (χ2n) is 12.9. The SMILES string of the molecule is CO[C@@H]1C(C)=C[C@H]2C(=O)O[C@H]3C[C@@H](C/C=C(\C)C[C@@H](C)/C=C/C=C4\CO[C@H]1[C@@]42O)O[C@@]1(CC[C@H](C)[C@](C)(O)O1)C3. The number of carbonyl (C=O) groups is 1. The van der Waals surface area contributed by atoms with Gasteiger partial charge in [-0.05, 0) is 57.1 Å². The van der Waals surface area contributed by atoms with E-state index in [1.54, 1.807) is 20.1 Å². The summed E-state index contributed by atoms with van der Waals surface area (Å²) in [6.45, 7) is 10.0. The van der Waals surface area contributed by atoms with Gasteiger partial charge in [0.1, 0.15) is 29.8 Å². The molecule has 5 aliphatic rings. The van der Waals surface area contributed by atoms with Crippen molar-refractivity contribution in [3.05, 3.63) is 47.1 Å². The number of allylic oxidation sites excluding steroid dienone is 4. The van der Waals surface area contributed by atoms with Crippen molar-refractivity contribution in [2.45, 2.75) is 115 Å². The van der Waals surface area contributed by atoms with Gasteiger partial charge in [-0.1, -0.05) is 49.8 Å². The van der Waals surface area contributed by atoms with Crippen LogP contribution in [0.5, 0.6) is 0 Å². The number of methoxy groups -OCH3 is 1. The monoisotopic (exact) mass is 558 g/mol. The fourth-order valence-electron chi connectivity index (χ4n) is 7.17. The van der Waals surface area contributed by atoms with Gasteiger partial charge in [0.05, 0.1) is 12.7 Å². The number of esters is 1. The first-order chi connectivity index (χ1) is 18.9. The minimum absolute atomic E-state index is 0.0480. The molecule has 2 N–H and O–H groups in total. The Balaban J connectivity index is 1.53. The third-order valence-corrected chi connectivity index (χ3v) is 9.61. The molecular weight excluding hydrogens is 512 g/mol. The van der Waals surface area contributed by atoms with Gasteiger partial charge in [-0.2, -0.15) is 0 Å². The molecule has 1 spiro atoms. The van der Waals surface area contributed by atoms with E-state index in [1.807, 2.05) is 26.0 Å². The van der Waals surface area contributed by atoms with Crippen molar-refractivity contribution < 1.29 is 38.7 Å². The number of rotatable bonds is 1. The minimum atomic E-state index is -1.60. The lowest BCUT2D eigenvalue weighted by atomic mass is 9.70. The molecule has 0 aromatic heterocycles. The van der Waals surface area contributed by atoms with Crippen molar-refractivity contribution in [1.29, 1.82) is 0 Å². The molecule has 3 fully saturated rings. The molecular formula is C32H46O8. The molecule has 8 heteroatoms. The highest BCUT2D eigenvalue weighted by Crippen LogP contribution is 2.48. The van der Waals surface area contributed by atoms with E-state index in [9.17, 15) is 15.0 Å². The Labute approximate surface area is 238 Å². The van der Waals surface area contributed by atoms with Crippen LogP contribution in [0, 0.1) is 17.8 Å². The summed E-state index contributed by atoms with van der Waals surface area (Å²) < 4.78 is 30.8. The van der Waals surface area contributed by atoms with Crippen LogP contribution in [0.15, 0.2) is 47.1 Å². The lowest BCUT2D eigenvalue weighted by Gasteiger charge is -2.51. The van der Waals surface area contributed by atoms with Crippen LogP contribution >= 0.6 is 0 Å². The van der Waals surface area contributed by atoms with E-state index in [0.717, 1.165) is 18.4 Å². The molecule has 4 heterocycles. The Morgan fingerprint density at radius 3 is 2.65 bits per heavy atom. The van der Waals surface area contributed by atoms with Gasteiger partial charge < -0.3 is 33.9 Å². The van der Waals surface area contributed by atoms with Gasteiger partial charge in [0.15, 0.2) is 11.6 Å². The van der Waals surface area contributed by atoms with E-state index >= 15 is 0 Å². The fourth-order valence-corrected chi connectivity index (χ4v) is 7.17. The van der Waals surface area contributed by atoms with Crippen LogP contribution in [-0.2, 0) is 28.5 Å². The third kappa shape index (κ3) is 5.51. The van der Waals surface area contributed by atoms with Gasteiger partial charge >= 0.3 is 5.97 Å². The molecule has 0 aromatic carbocycles. The molecule has 5 rings (SSSR count). The maximum atomic E-state index is 13.9. The largest absolute Gasteiger partial charge is 0.462 e. The highest BCUT2D eigenvalue weighted by Gasteiger charge is 2.60. The summed E-state index contributed by atoms with van der Waals surface area (Å²) >= 11 is 0. The van der Waals surface area contributed by atoms with Crippen molar-refractivity contribution in [2.75, 3.05) is 13.7 Å². The number of hydrogen-bond acceptors (Lipinski definition) is 8. The number of carbonyl (C=O) groups excluding carboxylic acids is 1. The first-order valence-electron chi connectivity index (χ1n) is 14.8. The van der Waals surface area contributed by atoms with Crippen LogP contribution in [0.4, 0.5) is 0 Å². The van der Waals surface area contributed by atoms with E-state index in [4.69, 9.17) is 23.7 Å². The highest BCUT2D eigenvalue weighted by atomic mass is 16.8. The maximum Gasteiger partial charge on any atom is 0.316 e. The Bertz CT molecular complexity index is 1100. The van der Waals surface area contributed by atoms with Crippen LogP contribution in [0.1, 0.15) is 73.1 Å². The summed E-state index contributed by atoms with van der Waals surface area (Å²) in [6, 6.07) is 0. The van der Waals surface area contributed by atoms with Crippen LogP contribution in [-0.4, -0.2) is 71.5 Å². The Morgan fingerprint density at radius 1 is 1.15 bits per heavy atom. The zero-order chi connectivity index (χ0) is 28.9. The van der Waals surface area contributed by atoms with Crippen LogP contribution in [0.3, 0.4) is 0 Å². The molecule has 1 aliphatic carbocycles. The van der Waals surface area contributed by atoms with E-state index in [2.05, 4.69) is 26.0 Å². The number of fused-ring (bicyclic) bond motifs is 2. The van der Waals surface area contributed by atoms with E-state index in [0.29, 0.717) is 31.3 Å². The Morgan fingerprint density at radius 2 is 1.93 bits per heavy atom. The molecule has 4 aliphatic heterocycles. The zero-order valence-corrected chi connectivity index (χ0v) is 24.7. The van der Waals surface area contributed by atoms with E-state index < -0.39 is 47.4 Å². The first kappa shape index (κ1) is 29.7. The molecule has 222 valence electrons. The first-order valence-corrected chi connectivity index (χ1v) is 14.8. The summed E-state index contributed by atoms with van der Waals surface area (Å²) in [5.74, 6) is -3.63. The number of hydrogen-bond donors (Lipinski definition) is 2. The second-order valence-corrected chi connectivity index (χ2v) is 12.9. The molecule has 2 bridgehead atoms. The molecule has 0 saturated carbocycles.